The van der Waals surface area contributed by atoms with Crippen LogP contribution in [0.5, 0.6) is 0 Å². The second-order valence-electron chi connectivity index (χ2n) is 11.0. The first-order chi connectivity index (χ1) is 15.5. The van der Waals surface area contributed by atoms with Gasteiger partial charge in [-0.1, -0.05) is 0 Å². The van der Waals surface area contributed by atoms with Gasteiger partial charge in [-0.3, -0.25) is 0 Å². The fraction of sp³-hybridized carbons (Fsp3) is 0.571. The third-order valence-corrected chi connectivity index (χ3v) is 23.2. The van der Waals surface area contributed by atoms with Crippen molar-refractivity contribution in [2.75, 3.05) is 19.0 Å². The van der Waals surface area contributed by atoms with E-state index in [2.05, 4.69) is 67.5 Å². The summed E-state index contributed by atoms with van der Waals surface area (Å²) in [4.78, 5) is 2.26. The van der Waals surface area contributed by atoms with Crippen LogP contribution in [0.2, 0.25) is 0 Å². The van der Waals surface area contributed by atoms with Crippen LogP contribution in [-0.2, 0) is 15.2 Å². The van der Waals surface area contributed by atoms with E-state index in [0.717, 1.165) is 11.8 Å². The van der Waals surface area contributed by atoms with E-state index < -0.39 is 15.2 Å². The van der Waals surface area contributed by atoms with Gasteiger partial charge in [0.25, 0.3) is 0 Å². The number of para-hydroxylation sites is 1. The molecular formula is C28H36ClNPPd. The Balaban J connectivity index is 1.47. The Morgan fingerprint density at radius 2 is 1.28 bits per heavy atom. The third kappa shape index (κ3) is 3.47. The van der Waals surface area contributed by atoms with Crippen molar-refractivity contribution in [1.29, 1.82) is 0 Å². The number of hydrogen-bond acceptors (Lipinski definition) is 1. The molecule has 1 nitrogen and oxygen atoms in total. The van der Waals surface area contributed by atoms with Gasteiger partial charge in [-0.25, -0.2) is 0 Å². The Bertz CT molecular complexity index is 960. The Kier molecular flexibility index (Phi) is 5.79. The molecule has 4 fully saturated rings. The number of nitrogens with zero attached hydrogens (tertiary/aromatic N) is 1. The van der Waals surface area contributed by atoms with Crippen LogP contribution in [0.1, 0.15) is 64.2 Å². The summed E-state index contributed by atoms with van der Waals surface area (Å²) in [5.74, 6) is 2.02. The van der Waals surface area contributed by atoms with Gasteiger partial charge in [0.15, 0.2) is 0 Å². The third-order valence-electron chi connectivity index (χ3n) is 8.97. The molecule has 0 N–H and O–H groups in total. The van der Waals surface area contributed by atoms with Crippen molar-refractivity contribution in [3.05, 3.63) is 48.5 Å². The van der Waals surface area contributed by atoms with Gasteiger partial charge in [0.1, 0.15) is 0 Å². The summed E-state index contributed by atoms with van der Waals surface area (Å²) in [6, 6.07) is 18.2. The summed E-state index contributed by atoms with van der Waals surface area (Å²) in [5.41, 5.74) is 4.07. The van der Waals surface area contributed by atoms with Crippen LogP contribution in [0.4, 0.5) is 5.69 Å². The molecule has 0 aromatic heterocycles. The average Bonchev–Trinajstić information content (AvgIpc) is 3.61. The van der Waals surface area contributed by atoms with Gasteiger partial charge in [0, 0.05) is 0 Å². The van der Waals surface area contributed by atoms with Crippen molar-refractivity contribution in [3.8, 4) is 11.1 Å². The number of halogens is 1. The minimum atomic E-state index is -1.35. The molecule has 0 saturated heterocycles. The number of fused-ring (bicyclic) bond motifs is 4. The van der Waals surface area contributed by atoms with Crippen molar-refractivity contribution < 1.29 is 15.2 Å². The molecule has 0 atom stereocenters. The van der Waals surface area contributed by atoms with E-state index in [-0.39, 0.29) is 6.11 Å². The summed E-state index contributed by atoms with van der Waals surface area (Å²) in [7, 11) is 12.2. The molecular weight excluding hydrogens is 523 g/mol. The molecule has 4 aliphatic rings. The van der Waals surface area contributed by atoms with Crippen LogP contribution in [0.15, 0.2) is 48.5 Å². The molecule has 0 unspecified atom stereocenters. The zero-order valence-corrected chi connectivity index (χ0v) is 22.6. The SMILES string of the molecule is CN(C)c1ccccc1-c1cccc[c]1[Pd]([Cl])[P](C12CCC(CC1)C2)C12CCC(CC1)C2. The quantitative estimate of drug-likeness (QED) is 0.257. The van der Waals surface area contributed by atoms with E-state index in [1.54, 1.807) is 0 Å². The maximum absolute atomic E-state index is 7.92. The van der Waals surface area contributed by atoms with Gasteiger partial charge >= 0.3 is 206 Å². The number of hydrogen-bond donors (Lipinski definition) is 0. The zero-order chi connectivity index (χ0) is 21.9. The first-order valence-corrected chi connectivity index (χ1v) is 18.5. The molecule has 6 rings (SSSR count). The molecule has 4 aliphatic carbocycles. The molecule has 4 bridgehead atoms. The predicted octanol–water partition coefficient (Wildman–Crippen LogP) is 7.88. The van der Waals surface area contributed by atoms with Crippen molar-refractivity contribution in [2.45, 2.75) is 74.5 Å². The van der Waals surface area contributed by atoms with Crippen LogP contribution in [0, 0.1) is 11.8 Å². The minimum absolute atomic E-state index is 0.149. The second kappa shape index (κ2) is 8.38. The van der Waals surface area contributed by atoms with Gasteiger partial charge in [-0.05, 0) is 0 Å². The monoisotopic (exact) mass is 558 g/mol. The normalized spacial score (nSPS) is 34.2. The first-order valence-electron chi connectivity index (χ1n) is 12.5. The molecule has 175 valence electrons. The number of rotatable bonds is 6. The molecule has 4 saturated carbocycles. The van der Waals surface area contributed by atoms with Crippen LogP contribution in [-0.4, -0.2) is 24.4 Å². The molecule has 0 heterocycles. The van der Waals surface area contributed by atoms with Gasteiger partial charge in [-0.15, -0.1) is 0 Å². The van der Waals surface area contributed by atoms with Crippen LogP contribution >= 0.6 is 15.6 Å². The second-order valence-corrected chi connectivity index (χ2v) is 21.3. The number of anilines is 1. The van der Waals surface area contributed by atoms with Gasteiger partial charge in [-0.2, -0.15) is 0 Å². The molecule has 2 aromatic rings. The van der Waals surface area contributed by atoms with Gasteiger partial charge in [0.2, 0.25) is 0 Å². The Morgan fingerprint density at radius 3 is 1.78 bits per heavy atom. The van der Waals surface area contributed by atoms with E-state index in [1.165, 1.54) is 85.1 Å². The fourth-order valence-corrected chi connectivity index (χ4v) is 25.7. The standard InChI is InChI=1S/C14H14N.C14H22P.ClH.Pd/c1-15(2)14-11-7-6-10-13(14)12-8-4-3-5-9-12;1-5-13(6-2-11(1)9-13)15-14-7-3-12(10-14)4-8-14;;/h3-8,10-11H,1-2H3;11-12H,1-10H2;1H;/q;-1;;+2/p-1. The predicted molar refractivity (Wildman–Crippen MR) is 137 cm³/mol. The zero-order valence-electron chi connectivity index (χ0n) is 19.4. The summed E-state index contributed by atoms with van der Waals surface area (Å²) in [5, 5.41) is 1.21. The van der Waals surface area contributed by atoms with Crippen LogP contribution < -0.4 is 8.94 Å². The van der Waals surface area contributed by atoms with Crippen LogP contribution in [0.25, 0.3) is 11.1 Å². The molecule has 4 heteroatoms. The molecule has 32 heavy (non-hydrogen) atoms. The van der Waals surface area contributed by atoms with Crippen molar-refractivity contribution in [2.24, 2.45) is 11.8 Å². The summed E-state index contributed by atoms with van der Waals surface area (Å²) < 4.78 is 1.52. The Labute approximate surface area is 204 Å². The molecule has 0 radical (unpaired) electrons. The Hall–Kier alpha value is -0.378. The average molecular weight is 559 g/mol. The first kappa shape index (κ1) is 22.1. The van der Waals surface area contributed by atoms with Gasteiger partial charge < -0.3 is 0 Å². The van der Waals surface area contributed by atoms with E-state index in [9.17, 15) is 0 Å². The molecule has 0 spiro atoms. The molecule has 0 aliphatic heterocycles. The van der Waals surface area contributed by atoms with Crippen molar-refractivity contribution in [1.82, 2.24) is 0 Å². The fourth-order valence-electron chi connectivity index (χ4n) is 7.54. The van der Waals surface area contributed by atoms with Gasteiger partial charge in [0.05, 0.1) is 0 Å². The van der Waals surface area contributed by atoms with E-state index >= 15 is 0 Å². The van der Waals surface area contributed by atoms with E-state index in [1.807, 2.05) is 0 Å². The Morgan fingerprint density at radius 1 is 0.781 bits per heavy atom. The summed E-state index contributed by atoms with van der Waals surface area (Å²) >= 11 is -1.35. The topological polar surface area (TPSA) is 3.24 Å². The van der Waals surface area contributed by atoms with Crippen molar-refractivity contribution in [3.63, 3.8) is 0 Å². The summed E-state index contributed by atoms with van der Waals surface area (Å²) in [6.07, 6.45) is 14.7. The van der Waals surface area contributed by atoms with E-state index in [0.29, 0.717) is 10.3 Å². The molecule has 0 amide bonds. The maximum atomic E-state index is 7.92. The summed E-state index contributed by atoms with van der Waals surface area (Å²) in [6.45, 7) is 0. The van der Waals surface area contributed by atoms with Crippen LogP contribution in [0.3, 0.4) is 0 Å². The van der Waals surface area contributed by atoms with Crippen molar-refractivity contribution >= 4 is 25.4 Å². The van der Waals surface area contributed by atoms with E-state index in [4.69, 9.17) is 9.53 Å². The number of benzene rings is 2. The molecule has 2 aromatic carbocycles.